The lowest BCUT2D eigenvalue weighted by molar-refractivity contribution is -0.339. The first-order valence-electron chi connectivity index (χ1n) is 3.03. The van der Waals surface area contributed by atoms with Gasteiger partial charge < -0.3 is 5.32 Å². The molecule has 1 aliphatic heterocycles. The van der Waals surface area contributed by atoms with Crippen LogP contribution in [0.5, 0.6) is 0 Å². The van der Waals surface area contributed by atoms with Crippen molar-refractivity contribution in [3.05, 3.63) is 0 Å². The minimum Gasteiger partial charge on any atom is -0.314 e. The molecule has 1 fully saturated rings. The van der Waals surface area contributed by atoms with Gasteiger partial charge in [-0.15, -0.1) is 13.2 Å². The van der Waals surface area contributed by atoms with Crippen molar-refractivity contribution in [2.24, 2.45) is 0 Å². The number of ether oxygens (including phenoxy) is 1. The van der Waals surface area contributed by atoms with Gasteiger partial charge in [-0.25, -0.2) is 0 Å². The molecule has 60 valence electrons. The van der Waals surface area contributed by atoms with Gasteiger partial charge in [0.25, 0.3) is 0 Å². The number of hydrogen-bond acceptors (Lipinski definition) is 2. The second-order valence-electron chi connectivity index (χ2n) is 2.18. The number of halogens is 3. The van der Waals surface area contributed by atoms with Crippen LogP contribution in [0.15, 0.2) is 0 Å². The predicted molar refractivity (Wildman–Crippen MR) is 28.4 cm³/mol. The Morgan fingerprint density at radius 2 is 2.10 bits per heavy atom. The van der Waals surface area contributed by atoms with Crippen LogP contribution in [0.2, 0.25) is 0 Å². The van der Waals surface area contributed by atoms with Crippen LogP contribution in [-0.2, 0) is 4.74 Å². The Balaban J connectivity index is 2.24. The van der Waals surface area contributed by atoms with Crippen molar-refractivity contribution in [3.63, 3.8) is 0 Å². The van der Waals surface area contributed by atoms with Crippen LogP contribution in [0.25, 0.3) is 0 Å². The maximum atomic E-state index is 11.5. The molecule has 5 heteroatoms. The monoisotopic (exact) mass is 155 g/mol. The quantitative estimate of drug-likeness (QED) is 0.607. The fourth-order valence-corrected chi connectivity index (χ4v) is 0.918. The van der Waals surface area contributed by atoms with Crippen LogP contribution in [0.4, 0.5) is 13.2 Å². The first-order chi connectivity index (χ1) is 4.58. The summed E-state index contributed by atoms with van der Waals surface area (Å²) in [7, 11) is 0. The van der Waals surface area contributed by atoms with E-state index in [1.54, 1.807) is 0 Å². The van der Waals surface area contributed by atoms with Crippen LogP contribution >= 0.6 is 0 Å². The molecule has 0 unspecified atom stereocenters. The van der Waals surface area contributed by atoms with E-state index in [2.05, 4.69) is 10.1 Å². The van der Waals surface area contributed by atoms with E-state index in [1.165, 1.54) is 0 Å². The van der Waals surface area contributed by atoms with Crippen molar-refractivity contribution >= 4 is 0 Å². The van der Waals surface area contributed by atoms with E-state index in [0.29, 0.717) is 19.5 Å². The summed E-state index contributed by atoms with van der Waals surface area (Å²) in [6.07, 6.45) is -4.71. The molecule has 0 aromatic rings. The van der Waals surface area contributed by atoms with Crippen molar-refractivity contribution in [2.45, 2.75) is 18.9 Å². The second-order valence-corrected chi connectivity index (χ2v) is 2.18. The molecular weight excluding hydrogens is 147 g/mol. The summed E-state index contributed by atoms with van der Waals surface area (Å²) in [4.78, 5) is 0. The van der Waals surface area contributed by atoms with E-state index in [1.807, 2.05) is 0 Å². The van der Waals surface area contributed by atoms with Gasteiger partial charge in [0.15, 0.2) is 0 Å². The zero-order chi connectivity index (χ0) is 7.61. The lowest BCUT2D eigenvalue weighted by Crippen LogP contribution is -2.25. The lowest BCUT2D eigenvalue weighted by Gasteiger charge is -2.11. The predicted octanol–water partition coefficient (Wildman–Crippen LogP) is 0.885. The first kappa shape index (κ1) is 7.81. The van der Waals surface area contributed by atoms with Crippen molar-refractivity contribution in [1.82, 2.24) is 5.32 Å². The maximum Gasteiger partial charge on any atom is 0.522 e. The van der Waals surface area contributed by atoms with Gasteiger partial charge in [-0.05, 0) is 13.0 Å². The Kier molecular flexibility index (Phi) is 2.15. The normalized spacial score (nSPS) is 27.3. The Hall–Kier alpha value is -0.290. The minimum atomic E-state index is -4.48. The molecule has 0 bridgehead atoms. The molecule has 1 heterocycles. The SMILES string of the molecule is FC(F)(F)O[C@H]1CCNC1. The molecule has 1 saturated heterocycles. The fraction of sp³-hybridized carbons (Fsp3) is 1.00. The van der Waals surface area contributed by atoms with Gasteiger partial charge >= 0.3 is 6.36 Å². The van der Waals surface area contributed by atoms with Crippen LogP contribution in [0.1, 0.15) is 6.42 Å². The number of alkyl halides is 3. The molecule has 0 amide bonds. The number of rotatable bonds is 1. The van der Waals surface area contributed by atoms with Gasteiger partial charge in [-0.1, -0.05) is 0 Å². The standard InChI is InChI=1S/C5H8F3NO/c6-5(7,8)10-4-1-2-9-3-4/h4,9H,1-3H2/t4-/m0/s1. The summed E-state index contributed by atoms with van der Waals surface area (Å²) in [5.41, 5.74) is 0. The van der Waals surface area contributed by atoms with Crippen molar-refractivity contribution in [1.29, 1.82) is 0 Å². The zero-order valence-corrected chi connectivity index (χ0v) is 5.24. The average Bonchev–Trinajstić information content (AvgIpc) is 2.12. The van der Waals surface area contributed by atoms with Crippen LogP contribution in [-0.4, -0.2) is 25.6 Å². The van der Waals surface area contributed by atoms with Crippen LogP contribution in [0.3, 0.4) is 0 Å². The Morgan fingerprint density at radius 3 is 2.50 bits per heavy atom. The largest absolute Gasteiger partial charge is 0.522 e. The van der Waals surface area contributed by atoms with Crippen molar-refractivity contribution in [3.8, 4) is 0 Å². The molecule has 0 radical (unpaired) electrons. The summed E-state index contributed by atoms with van der Waals surface area (Å²) in [6, 6.07) is 0. The lowest BCUT2D eigenvalue weighted by atomic mass is 10.3. The molecule has 10 heavy (non-hydrogen) atoms. The summed E-state index contributed by atoms with van der Waals surface area (Å²) in [5, 5.41) is 2.77. The topological polar surface area (TPSA) is 21.3 Å². The molecule has 0 aromatic heterocycles. The molecule has 1 aliphatic rings. The fourth-order valence-electron chi connectivity index (χ4n) is 0.918. The highest BCUT2D eigenvalue weighted by atomic mass is 19.4. The Labute approximate surface area is 56.4 Å². The summed E-state index contributed by atoms with van der Waals surface area (Å²) >= 11 is 0. The second kappa shape index (κ2) is 2.75. The molecule has 0 saturated carbocycles. The van der Waals surface area contributed by atoms with Crippen molar-refractivity contribution in [2.75, 3.05) is 13.1 Å². The van der Waals surface area contributed by atoms with Gasteiger partial charge in [0.05, 0.1) is 6.10 Å². The van der Waals surface area contributed by atoms with Crippen molar-refractivity contribution < 1.29 is 17.9 Å². The highest BCUT2D eigenvalue weighted by Crippen LogP contribution is 2.20. The molecule has 1 rings (SSSR count). The maximum absolute atomic E-state index is 11.5. The van der Waals surface area contributed by atoms with E-state index in [4.69, 9.17) is 0 Å². The van der Waals surface area contributed by atoms with E-state index >= 15 is 0 Å². The van der Waals surface area contributed by atoms with E-state index < -0.39 is 12.5 Å². The molecule has 2 nitrogen and oxygen atoms in total. The third kappa shape index (κ3) is 2.53. The van der Waals surface area contributed by atoms with E-state index in [0.717, 1.165) is 0 Å². The smallest absolute Gasteiger partial charge is 0.314 e. The van der Waals surface area contributed by atoms with Crippen LogP contribution < -0.4 is 5.32 Å². The van der Waals surface area contributed by atoms with Gasteiger partial charge in [-0.2, -0.15) is 0 Å². The third-order valence-corrected chi connectivity index (χ3v) is 1.32. The van der Waals surface area contributed by atoms with Gasteiger partial charge in [0.2, 0.25) is 0 Å². The molecule has 1 N–H and O–H groups in total. The molecule has 1 atom stereocenters. The summed E-state index contributed by atoms with van der Waals surface area (Å²) in [5.74, 6) is 0. The highest BCUT2D eigenvalue weighted by Gasteiger charge is 2.34. The zero-order valence-electron chi connectivity index (χ0n) is 5.24. The van der Waals surface area contributed by atoms with Crippen LogP contribution in [0, 0.1) is 0 Å². The average molecular weight is 155 g/mol. The number of nitrogens with one attached hydrogen (secondary N) is 1. The molecule has 0 aliphatic carbocycles. The highest BCUT2D eigenvalue weighted by molar-refractivity contribution is 4.70. The third-order valence-electron chi connectivity index (χ3n) is 1.32. The Bertz CT molecular complexity index is 108. The van der Waals surface area contributed by atoms with E-state index in [-0.39, 0.29) is 0 Å². The van der Waals surface area contributed by atoms with Gasteiger partial charge in [-0.3, -0.25) is 4.74 Å². The molecule has 0 spiro atoms. The van der Waals surface area contributed by atoms with Gasteiger partial charge in [0, 0.05) is 6.54 Å². The Morgan fingerprint density at radius 1 is 1.40 bits per heavy atom. The summed E-state index contributed by atoms with van der Waals surface area (Å²) in [6.45, 7) is 0.917. The van der Waals surface area contributed by atoms with Gasteiger partial charge in [0.1, 0.15) is 0 Å². The molecule has 0 aromatic carbocycles. The summed E-state index contributed by atoms with van der Waals surface area (Å²) < 4.78 is 38.1. The first-order valence-corrected chi connectivity index (χ1v) is 3.03. The number of hydrogen-bond donors (Lipinski definition) is 1. The molecular formula is C5H8F3NO. The minimum absolute atomic E-state index is 0.305. The van der Waals surface area contributed by atoms with E-state index in [9.17, 15) is 13.2 Å².